The van der Waals surface area contributed by atoms with E-state index in [0.717, 1.165) is 11.1 Å². The molecule has 138 valence electrons. The lowest BCUT2D eigenvalue weighted by Gasteiger charge is -2.05. The average Bonchev–Trinajstić information content (AvgIpc) is 2.69. The number of anilines is 1. The van der Waals surface area contributed by atoms with E-state index in [2.05, 4.69) is 5.32 Å². The number of nitrogens with one attached hydrogen (secondary N) is 1. The summed E-state index contributed by atoms with van der Waals surface area (Å²) in [6.07, 6.45) is 2.09. The summed E-state index contributed by atoms with van der Waals surface area (Å²) in [5, 5.41) is 21.2. The third-order valence-corrected chi connectivity index (χ3v) is 4.08. The number of carbonyl (C=O) groups excluding carboxylic acids is 1. The zero-order valence-electron chi connectivity index (χ0n) is 14.9. The second-order valence-corrected chi connectivity index (χ2v) is 6.22. The SMILES string of the molecule is N#C/C(=C\c1ccc(Cc2cccc(F)c2)cc1)C(=O)Nc1ccc(O)cc1. The number of halogens is 1. The van der Waals surface area contributed by atoms with Crippen molar-refractivity contribution in [1.82, 2.24) is 0 Å². The molecular formula is C23H17FN2O2. The Hall–Kier alpha value is -3.91. The Morgan fingerprint density at radius 1 is 1.04 bits per heavy atom. The topological polar surface area (TPSA) is 73.1 Å². The molecule has 2 N–H and O–H groups in total. The van der Waals surface area contributed by atoms with Gasteiger partial charge in [-0.2, -0.15) is 5.26 Å². The van der Waals surface area contributed by atoms with Crippen LogP contribution in [0.4, 0.5) is 10.1 Å². The van der Waals surface area contributed by atoms with Crippen molar-refractivity contribution in [3.05, 3.63) is 101 Å². The van der Waals surface area contributed by atoms with Crippen LogP contribution in [0.15, 0.2) is 78.4 Å². The first-order valence-corrected chi connectivity index (χ1v) is 8.59. The van der Waals surface area contributed by atoms with Gasteiger partial charge in [-0.1, -0.05) is 36.4 Å². The lowest BCUT2D eigenvalue weighted by atomic mass is 10.0. The minimum Gasteiger partial charge on any atom is -0.508 e. The van der Waals surface area contributed by atoms with E-state index in [1.807, 2.05) is 24.3 Å². The second kappa shape index (κ2) is 8.65. The molecule has 0 unspecified atom stereocenters. The summed E-state index contributed by atoms with van der Waals surface area (Å²) in [5.74, 6) is -0.709. The van der Waals surface area contributed by atoms with Crippen molar-refractivity contribution < 1.29 is 14.3 Å². The number of carbonyl (C=O) groups is 1. The number of nitriles is 1. The summed E-state index contributed by atoms with van der Waals surface area (Å²) in [6, 6.07) is 21.7. The van der Waals surface area contributed by atoms with Gasteiger partial charge in [0.15, 0.2) is 0 Å². The maximum Gasteiger partial charge on any atom is 0.266 e. The van der Waals surface area contributed by atoms with Crippen molar-refractivity contribution in [2.75, 3.05) is 5.32 Å². The van der Waals surface area contributed by atoms with E-state index in [9.17, 15) is 19.6 Å². The van der Waals surface area contributed by atoms with Crippen molar-refractivity contribution in [2.45, 2.75) is 6.42 Å². The fourth-order valence-electron chi connectivity index (χ4n) is 2.67. The van der Waals surface area contributed by atoms with Crippen molar-refractivity contribution >= 4 is 17.7 Å². The summed E-state index contributed by atoms with van der Waals surface area (Å²) in [6.45, 7) is 0. The second-order valence-electron chi connectivity index (χ2n) is 6.22. The highest BCUT2D eigenvalue weighted by Crippen LogP contribution is 2.17. The van der Waals surface area contributed by atoms with Crippen molar-refractivity contribution in [3.63, 3.8) is 0 Å². The number of hydrogen-bond acceptors (Lipinski definition) is 3. The highest BCUT2D eigenvalue weighted by molar-refractivity contribution is 6.09. The molecule has 0 bridgehead atoms. The van der Waals surface area contributed by atoms with Crippen LogP contribution in [-0.2, 0) is 11.2 Å². The number of amides is 1. The van der Waals surface area contributed by atoms with Gasteiger partial charge in [-0.3, -0.25) is 4.79 Å². The number of aromatic hydroxyl groups is 1. The zero-order chi connectivity index (χ0) is 19.9. The van der Waals surface area contributed by atoms with Gasteiger partial charge < -0.3 is 10.4 Å². The van der Waals surface area contributed by atoms with Gasteiger partial charge in [-0.25, -0.2) is 4.39 Å². The average molecular weight is 372 g/mol. The number of nitrogens with zero attached hydrogens (tertiary/aromatic N) is 1. The number of rotatable bonds is 5. The van der Waals surface area contributed by atoms with Crippen LogP contribution in [-0.4, -0.2) is 11.0 Å². The molecule has 0 heterocycles. The third kappa shape index (κ3) is 5.05. The molecule has 0 spiro atoms. The Labute approximate surface area is 162 Å². The lowest BCUT2D eigenvalue weighted by Crippen LogP contribution is -2.13. The van der Waals surface area contributed by atoms with E-state index in [0.29, 0.717) is 17.7 Å². The first-order chi connectivity index (χ1) is 13.5. The smallest absolute Gasteiger partial charge is 0.266 e. The van der Waals surface area contributed by atoms with Crippen LogP contribution in [0, 0.1) is 17.1 Å². The molecule has 0 atom stereocenters. The van der Waals surface area contributed by atoms with Crippen LogP contribution in [0.3, 0.4) is 0 Å². The Morgan fingerprint density at radius 3 is 2.39 bits per heavy atom. The molecule has 0 aliphatic heterocycles. The van der Waals surface area contributed by atoms with E-state index < -0.39 is 5.91 Å². The van der Waals surface area contributed by atoms with Gasteiger partial charge in [-0.15, -0.1) is 0 Å². The molecule has 0 aliphatic rings. The number of phenols is 1. The van der Waals surface area contributed by atoms with E-state index in [-0.39, 0.29) is 17.1 Å². The summed E-state index contributed by atoms with van der Waals surface area (Å²) >= 11 is 0. The first kappa shape index (κ1) is 18.9. The van der Waals surface area contributed by atoms with Crippen LogP contribution in [0.1, 0.15) is 16.7 Å². The van der Waals surface area contributed by atoms with Crippen molar-refractivity contribution in [3.8, 4) is 11.8 Å². The van der Waals surface area contributed by atoms with Crippen LogP contribution in [0.2, 0.25) is 0 Å². The monoisotopic (exact) mass is 372 g/mol. The molecule has 0 radical (unpaired) electrons. The fraction of sp³-hybridized carbons (Fsp3) is 0.0435. The molecule has 3 rings (SSSR count). The summed E-state index contributed by atoms with van der Waals surface area (Å²) in [7, 11) is 0. The Morgan fingerprint density at radius 2 is 1.75 bits per heavy atom. The number of phenolic OH excluding ortho intramolecular Hbond substituents is 1. The Balaban J connectivity index is 1.70. The van der Waals surface area contributed by atoms with Crippen LogP contribution in [0.25, 0.3) is 6.08 Å². The molecule has 4 nitrogen and oxygen atoms in total. The van der Waals surface area contributed by atoms with Gasteiger partial charge in [-0.05, 0) is 65.6 Å². The van der Waals surface area contributed by atoms with E-state index in [1.54, 1.807) is 30.3 Å². The van der Waals surface area contributed by atoms with Crippen LogP contribution in [0.5, 0.6) is 5.75 Å². The predicted octanol–water partition coefficient (Wildman–Crippen LogP) is 4.67. The van der Waals surface area contributed by atoms with Crippen LogP contribution >= 0.6 is 0 Å². The summed E-state index contributed by atoms with van der Waals surface area (Å²) in [5.41, 5.74) is 3.02. The minimum absolute atomic E-state index is 0.0362. The molecule has 28 heavy (non-hydrogen) atoms. The van der Waals surface area contributed by atoms with Crippen LogP contribution < -0.4 is 5.32 Å². The number of hydrogen-bond donors (Lipinski definition) is 2. The van der Waals surface area contributed by atoms with Gasteiger partial charge in [0, 0.05) is 5.69 Å². The third-order valence-electron chi connectivity index (χ3n) is 4.08. The van der Waals surface area contributed by atoms with Gasteiger partial charge >= 0.3 is 0 Å². The van der Waals surface area contributed by atoms with E-state index in [4.69, 9.17) is 0 Å². The number of benzene rings is 3. The van der Waals surface area contributed by atoms with E-state index in [1.165, 1.54) is 30.3 Å². The first-order valence-electron chi connectivity index (χ1n) is 8.59. The fourth-order valence-corrected chi connectivity index (χ4v) is 2.67. The van der Waals surface area contributed by atoms with Crippen molar-refractivity contribution in [1.29, 1.82) is 5.26 Å². The lowest BCUT2D eigenvalue weighted by molar-refractivity contribution is -0.112. The molecular weight excluding hydrogens is 355 g/mol. The van der Waals surface area contributed by atoms with Gasteiger partial charge in [0.2, 0.25) is 0 Å². The molecule has 0 aromatic heterocycles. The van der Waals surface area contributed by atoms with Gasteiger partial charge in [0.25, 0.3) is 5.91 Å². The largest absolute Gasteiger partial charge is 0.508 e. The summed E-state index contributed by atoms with van der Waals surface area (Å²) < 4.78 is 13.3. The molecule has 0 saturated heterocycles. The normalized spacial score (nSPS) is 10.9. The molecule has 0 saturated carbocycles. The molecule has 0 fully saturated rings. The molecule has 5 heteroatoms. The molecule has 1 amide bonds. The highest BCUT2D eigenvalue weighted by atomic mass is 19.1. The Kier molecular flexibility index (Phi) is 5.83. The maximum absolute atomic E-state index is 13.3. The predicted molar refractivity (Wildman–Crippen MR) is 106 cm³/mol. The quantitative estimate of drug-likeness (QED) is 0.388. The van der Waals surface area contributed by atoms with Gasteiger partial charge in [0.05, 0.1) is 0 Å². The van der Waals surface area contributed by atoms with E-state index >= 15 is 0 Å². The molecule has 3 aromatic rings. The Bertz CT molecular complexity index is 1050. The zero-order valence-corrected chi connectivity index (χ0v) is 14.9. The summed E-state index contributed by atoms with van der Waals surface area (Å²) in [4.78, 5) is 12.3. The highest BCUT2D eigenvalue weighted by Gasteiger charge is 2.09. The molecule has 0 aliphatic carbocycles. The minimum atomic E-state index is -0.531. The maximum atomic E-state index is 13.3. The van der Waals surface area contributed by atoms with Gasteiger partial charge in [0.1, 0.15) is 23.2 Å². The van der Waals surface area contributed by atoms with Crippen molar-refractivity contribution in [2.24, 2.45) is 0 Å². The standard InChI is InChI=1S/C23H17FN2O2/c24-20-3-1-2-18(14-20)12-16-4-6-17(7-5-16)13-19(15-25)23(28)26-21-8-10-22(27)11-9-21/h1-11,13-14,27H,12H2,(H,26,28)/b19-13+. The molecule has 3 aromatic carbocycles.